The molecule has 19 heavy (non-hydrogen) atoms. The van der Waals surface area contributed by atoms with Crippen LogP contribution >= 0.6 is 0 Å². The Morgan fingerprint density at radius 1 is 1.11 bits per heavy atom. The zero-order chi connectivity index (χ0) is 13.9. The first-order chi connectivity index (χ1) is 9.31. The summed E-state index contributed by atoms with van der Waals surface area (Å²) in [5.74, 6) is 1.61. The molecule has 0 radical (unpaired) electrons. The SMILES string of the molecule is CCCCC(CC)COCC(NC)C1CCCCC1. The largest absolute Gasteiger partial charge is 0.380 e. The second-order valence-electron chi connectivity index (χ2n) is 6.25. The normalized spacial score (nSPS) is 20.4. The first-order valence-corrected chi connectivity index (χ1v) is 8.56. The van der Waals surface area contributed by atoms with E-state index in [-0.39, 0.29) is 0 Å². The third-order valence-electron chi connectivity index (χ3n) is 4.78. The molecule has 1 fully saturated rings. The molecule has 2 heteroatoms. The van der Waals surface area contributed by atoms with Gasteiger partial charge in [0.15, 0.2) is 0 Å². The molecule has 114 valence electrons. The van der Waals surface area contributed by atoms with Gasteiger partial charge in [-0.2, -0.15) is 0 Å². The minimum Gasteiger partial charge on any atom is -0.380 e. The highest BCUT2D eigenvalue weighted by Crippen LogP contribution is 2.26. The molecule has 0 heterocycles. The molecule has 2 unspecified atom stereocenters. The Kier molecular flexibility index (Phi) is 9.54. The van der Waals surface area contributed by atoms with E-state index in [1.54, 1.807) is 0 Å². The lowest BCUT2D eigenvalue weighted by Gasteiger charge is -2.30. The third kappa shape index (κ3) is 6.76. The summed E-state index contributed by atoms with van der Waals surface area (Å²) in [5.41, 5.74) is 0. The van der Waals surface area contributed by atoms with E-state index in [2.05, 4.69) is 26.2 Å². The van der Waals surface area contributed by atoms with Crippen molar-refractivity contribution in [2.24, 2.45) is 11.8 Å². The van der Waals surface area contributed by atoms with Gasteiger partial charge in [0.2, 0.25) is 0 Å². The van der Waals surface area contributed by atoms with E-state index >= 15 is 0 Å². The van der Waals surface area contributed by atoms with Crippen molar-refractivity contribution in [3.63, 3.8) is 0 Å². The van der Waals surface area contributed by atoms with E-state index in [4.69, 9.17) is 4.74 Å². The van der Waals surface area contributed by atoms with Gasteiger partial charge < -0.3 is 10.1 Å². The summed E-state index contributed by atoms with van der Waals surface area (Å²) in [7, 11) is 2.09. The van der Waals surface area contributed by atoms with Crippen molar-refractivity contribution in [3.05, 3.63) is 0 Å². The third-order valence-corrected chi connectivity index (χ3v) is 4.78. The Balaban J connectivity index is 2.20. The summed E-state index contributed by atoms with van der Waals surface area (Å²) in [6.45, 7) is 6.43. The number of likely N-dealkylation sites (N-methyl/N-ethyl adjacent to an activating group) is 1. The van der Waals surface area contributed by atoms with Crippen LogP contribution in [0.5, 0.6) is 0 Å². The van der Waals surface area contributed by atoms with Crippen LogP contribution in [0.25, 0.3) is 0 Å². The molecule has 2 atom stereocenters. The van der Waals surface area contributed by atoms with Crippen LogP contribution in [0.2, 0.25) is 0 Å². The molecular formula is C17H35NO. The lowest BCUT2D eigenvalue weighted by atomic mass is 9.84. The van der Waals surface area contributed by atoms with Crippen molar-refractivity contribution in [3.8, 4) is 0 Å². The fourth-order valence-corrected chi connectivity index (χ4v) is 3.25. The number of rotatable bonds is 10. The molecule has 1 aliphatic carbocycles. The molecule has 1 saturated carbocycles. The number of hydrogen-bond acceptors (Lipinski definition) is 2. The summed E-state index contributed by atoms with van der Waals surface area (Å²) in [5, 5.41) is 3.48. The van der Waals surface area contributed by atoms with E-state index in [0.717, 1.165) is 25.0 Å². The van der Waals surface area contributed by atoms with Gasteiger partial charge in [0, 0.05) is 12.6 Å². The van der Waals surface area contributed by atoms with Gasteiger partial charge >= 0.3 is 0 Å². The number of hydrogen-bond donors (Lipinski definition) is 1. The van der Waals surface area contributed by atoms with Crippen LogP contribution in [0.4, 0.5) is 0 Å². The highest BCUT2D eigenvalue weighted by atomic mass is 16.5. The predicted molar refractivity (Wildman–Crippen MR) is 83.5 cm³/mol. The summed E-state index contributed by atoms with van der Waals surface area (Å²) >= 11 is 0. The van der Waals surface area contributed by atoms with Crippen LogP contribution < -0.4 is 5.32 Å². The number of ether oxygens (including phenoxy) is 1. The van der Waals surface area contributed by atoms with Gasteiger partial charge in [-0.05, 0) is 38.1 Å². The Morgan fingerprint density at radius 3 is 2.42 bits per heavy atom. The molecule has 0 spiro atoms. The van der Waals surface area contributed by atoms with E-state index in [1.165, 1.54) is 57.8 Å². The fourth-order valence-electron chi connectivity index (χ4n) is 3.25. The van der Waals surface area contributed by atoms with Crippen LogP contribution in [-0.4, -0.2) is 26.3 Å². The molecule has 2 nitrogen and oxygen atoms in total. The van der Waals surface area contributed by atoms with Crippen molar-refractivity contribution in [1.82, 2.24) is 5.32 Å². The minimum absolute atomic E-state index is 0.573. The molecule has 0 aromatic heterocycles. The lowest BCUT2D eigenvalue weighted by molar-refractivity contribution is 0.0596. The van der Waals surface area contributed by atoms with Gasteiger partial charge in [-0.25, -0.2) is 0 Å². The molecule has 0 aromatic rings. The minimum atomic E-state index is 0.573. The van der Waals surface area contributed by atoms with Crippen molar-refractivity contribution >= 4 is 0 Å². The maximum absolute atomic E-state index is 6.03. The standard InChI is InChI=1S/C17H35NO/c1-4-6-10-15(5-2)13-19-14-17(18-3)16-11-8-7-9-12-16/h15-18H,4-14H2,1-3H3. The molecule has 0 bridgehead atoms. The first kappa shape index (κ1) is 17.0. The van der Waals surface area contributed by atoms with Crippen LogP contribution in [0, 0.1) is 11.8 Å². The molecule has 1 aliphatic rings. The quantitative estimate of drug-likeness (QED) is 0.635. The summed E-state index contributed by atoms with van der Waals surface area (Å²) in [4.78, 5) is 0. The topological polar surface area (TPSA) is 21.3 Å². The molecule has 0 aromatic carbocycles. The summed E-state index contributed by atoms with van der Waals surface area (Å²) < 4.78 is 6.03. The van der Waals surface area contributed by atoms with Gasteiger partial charge in [-0.1, -0.05) is 52.4 Å². The van der Waals surface area contributed by atoms with E-state index in [1.807, 2.05) is 0 Å². The second kappa shape index (κ2) is 10.7. The van der Waals surface area contributed by atoms with Crippen molar-refractivity contribution in [2.45, 2.75) is 77.7 Å². The molecule has 0 amide bonds. The second-order valence-corrected chi connectivity index (χ2v) is 6.25. The Bertz CT molecular complexity index is 201. The molecule has 1 rings (SSSR count). The van der Waals surface area contributed by atoms with Gasteiger partial charge in [-0.3, -0.25) is 0 Å². The van der Waals surface area contributed by atoms with Gasteiger partial charge in [0.25, 0.3) is 0 Å². The van der Waals surface area contributed by atoms with Gasteiger partial charge in [-0.15, -0.1) is 0 Å². The molecule has 0 aliphatic heterocycles. The van der Waals surface area contributed by atoms with Crippen molar-refractivity contribution in [2.75, 3.05) is 20.3 Å². The monoisotopic (exact) mass is 269 g/mol. The highest BCUT2D eigenvalue weighted by molar-refractivity contribution is 4.78. The molecule has 0 saturated heterocycles. The van der Waals surface area contributed by atoms with Crippen LogP contribution in [0.3, 0.4) is 0 Å². The van der Waals surface area contributed by atoms with Crippen LogP contribution in [-0.2, 0) is 4.74 Å². The molecule has 1 N–H and O–H groups in total. The fraction of sp³-hybridized carbons (Fsp3) is 1.00. The average Bonchev–Trinajstić information content (AvgIpc) is 2.47. The Morgan fingerprint density at radius 2 is 1.84 bits per heavy atom. The van der Waals surface area contributed by atoms with Gasteiger partial charge in [0.1, 0.15) is 0 Å². The summed E-state index contributed by atoms with van der Waals surface area (Å²) in [6.07, 6.45) is 12.3. The zero-order valence-corrected chi connectivity index (χ0v) is 13.4. The smallest absolute Gasteiger partial charge is 0.0622 e. The highest BCUT2D eigenvalue weighted by Gasteiger charge is 2.22. The average molecular weight is 269 g/mol. The maximum atomic E-state index is 6.03. The molecular weight excluding hydrogens is 234 g/mol. The van der Waals surface area contributed by atoms with E-state index in [0.29, 0.717) is 6.04 Å². The lowest BCUT2D eigenvalue weighted by Crippen LogP contribution is -2.39. The summed E-state index contributed by atoms with van der Waals surface area (Å²) in [6, 6.07) is 0.573. The predicted octanol–water partition coefficient (Wildman–Crippen LogP) is 4.39. The zero-order valence-electron chi connectivity index (χ0n) is 13.4. The van der Waals surface area contributed by atoms with Gasteiger partial charge in [0.05, 0.1) is 6.61 Å². The van der Waals surface area contributed by atoms with Crippen molar-refractivity contribution < 1.29 is 4.74 Å². The first-order valence-electron chi connectivity index (χ1n) is 8.56. The van der Waals surface area contributed by atoms with Crippen molar-refractivity contribution in [1.29, 1.82) is 0 Å². The Hall–Kier alpha value is -0.0800. The maximum Gasteiger partial charge on any atom is 0.0622 e. The van der Waals surface area contributed by atoms with E-state index in [9.17, 15) is 0 Å². The Labute approximate surface area is 120 Å². The van der Waals surface area contributed by atoms with E-state index < -0.39 is 0 Å². The van der Waals surface area contributed by atoms with Crippen LogP contribution in [0.15, 0.2) is 0 Å². The number of nitrogens with one attached hydrogen (secondary N) is 1. The number of unbranched alkanes of at least 4 members (excludes halogenated alkanes) is 1. The van der Waals surface area contributed by atoms with Crippen LogP contribution in [0.1, 0.15) is 71.6 Å².